The topological polar surface area (TPSA) is 91.2 Å². The average molecular weight is 705 g/mol. The zero-order valence-corrected chi connectivity index (χ0v) is 31.1. The molecule has 11 heteroatoms. The molecule has 1 amide bonds. The van der Waals surface area contributed by atoms with Crippen LogP contribution in [-0.4, -0.2) is 113 Å². The van der Waals surface area contributed by atoms with Gasteiger partial charge >= 0.3 is 6.09 Å². The summed E-state index contributed by atoms with van der Waals surface area (Å²) in [5, 5.41) is 4.67. The van der Waals surface area contributed by atoms with E-state index in [-0.39, 0.29) is 6.09 Å². The van der Waals surface area contributed by atoms with Crippen molar-refractivity contribution in [2.45, 2.75) is 64.1 Å². The number of nitrogens with one attached hydrogen (secondary N) is 1. The minimum Gasteiger partial charge on any atom is -0.494 e. The van der Waals surface area contributed by atoms with Crippen molar-refractivity contribution in [3.05, 3.63) is 60.9 Å². The molecule has 6 heterocycles. The fourth-order valence-corrected chi connectivity index (χ4v) is 8.81. The van der Waals surface area contributed by atoms with Gasteiger partial charge in [0, 0.05) is 110 Å². The first kappa shape index (κ1) is 33.5. The Bertz CT molecular complexity index is 1940. The Morgan fingerprint density at radius 3 is 2.48 bits per heavy atom. The molecule has 1 saturated carbocycles. The second-order valence-corrected chi connectivity index (χ2v) is 17.0. The van der Waals surface area contributed by atoms with E-state index >= 15 is 0 Å². The van der Waals surface area contributed by atoms with Crippen LogP contribution in [0.4, 0.5) is 22.1 Å². The third-order valence-corrected chi connectivity index (χ3v) is 11.9. The molecule has 1 spiro atoms. The van der Waals surface area contributed by atoms with Gasteiger partial charge < -0.3 is 29.2 Å². The Hall–Kier alpha value is -4.35. The molecule has 2 aromatic carbocycles. The number of fused-ring (bicyclic) bond motifs is 1. The van der Waals surface area contributed by atoms with E-state index < -0.39 is 5.60 Å². The van der Waals surface area contributed by atoms with Crippen molar-refractivity contribution >= 4 is 34.3 Å². The number of methoxy groups -OCH3 is 1. The molecule has 4 aliphatic heterocycles. The number of nitrogens with zero attached hydrogens (tertiary/aromatic N) is 7. The molecule has 9 rings (SSSR count). The van der Waals surface area contributed by atoms with Crippen molar-refractivity contribution in [3.63, 3.8) is 0 Å². The number of likely N-dealkylation sites (tertiary alicyclic amines) is 3. The fraction of sp³-hybridized carbons (Fsp3) is 0.537. The van der Waals surface area contributed by atoms with Gasteiger partial charge in [-0.05, 0) is 83.8 Å². The molecule has 1 aliphatic carbocycles. The van der Waals surface area contributed by atoms with Crippen LogP contribution in [0, 0.1) is 11.3 Å². The predicted octanol–water partition coefficient (Wildman–Crippen LogP) is 6.64. The van der Waals surface area contributed by atoms with Gasteiger partial charge in [0.1, 0.15) is 11.4 Å². The number of anilines is 3. The molecule has 4 saturated heterocycles. The highest BCUT2D eigenvalue weighted by molar-refractivity contribution is 5.95. The molecule has 2 aromatic heterocycles. The third kappa shape index (κ3) is 6.58. The summed E-state index contributed by atoms with van der Waals surface area (Å²) in [5.41, 5.74) is 5.37. The first-order valence-corrected chi connectivity index (χ1v) is 19.2. The molecule has 0 unspecified atom stereocenters. The van der Waals surface area contributed by atoms with E-state index in [1.165, 1.54) is 55.4 Å². The number of carbonyl (C=O) groups is 1. The summed E-state index contributed by atoms with van der Waals surface area (Å²) in [7, 11) is 1.73. The average Bonchev–Trinajstić information content (AvgIpc) is 3.85. The van der Waals surface area contributed by atoms with Crippen molar-refractivity contribution < 1.29 is 14.3 Å². The third-order valence-electron chi connectivity index (χ3n) is 11.9. The number of ether oxygens (including phenoxy) is 2. The first-order valence-electron chi connectivity index (χ1n) is 19.2. The van der Waals surface area contributed by atoms with Gasteiger partial charge in [0.05, 0.1) is 18.5 Å². The Kier molecular flexibility index (Phi) is 8.34. The summed E-state index contributed by atoms with van der Waals surface area (Å²) in [5.74, 6) is 1.92. The fourth-order valence-electron chi connectivity index (χ4n) is 8.81. The second kappa shape index (κ2) is 12.9. The molecule has 1 N–H and O–H groups in total. The minimum atomic E-state index is -0.431. The van der Waals surface area contributed by atoms with Gasteiger partial charge in [0.25, 0.3) is 0 Å². The molecule has 11 nitrogen and oxygen atoms in total. The van der Waals surface area contributed by atoms with Crippen molar-refractivity contribution in [1.82, 2.24) is 29.2 Å². The maximum Gasteiger partial charge on any atom is 0.410 e. The van der Waals surface area contributed by atoms with Crippen LogP contribution in [0.15, 0.2) is 60.9 Å². The normalized spacial score (nSPS) is 21.2. The molecule has 274 valence electrons. The number of carbonyl (C=O) groups excluding carboxylic acids is 1. The smallest absolute Gasteiger partial charge is 0.410 e. The van der Waals surface area contributed by atoms with E-state index in [0.717, 1.165) is 68.5 Å². The summed E-state index contributed by atoms with van der Waals surface area (Å²) >= 11 is 0. The predicted molar refractivity (Wildman–Crippen MR) is 204 cm³/mol. The van der Waals surface area contributed by atoms with Gasteiger partial charge in [-0.25, -0.2) is 14.8 Å². The maximum absolute atomic E-state index is 12.3. The van der Waals surface area contributed by atoms with E-state index in [1.807, 2.05) is 37.9 Å². The van der Waals surface area contributed by atoms with E-state index in [0.29, 0.717) is 29.4 Å². The molecule has 5 aliphatic rings. The van der Waals surface area contributed by atoms with Crippen LogP contribution in [0.3, 0.4) is 0 Å². The largest absolute Gasteiger partial charge is 0.494 e. The Balaban J connectivity index is 0.757. The van der Waals surface area contributed by atoms with Crippen molar-refractivity contribution in [2.24, 2.45) is 11.3 Å². The van der Waals surface area contributed by atoms with Gasteiger partial charge in [-0.1, -0.05) is 18.2 Å². The highest BCUT2D eigenvalue weighted by atomic mass is 16.6. The van der Waals surface area contributed by atoms with Gasteiger partial charge in [-0.15, -0.1) is 0 Å². The zero-order valence-electron chi connectivity index (χ0n) is 31.1. The monoisotopic (exact) mass is 704 g/mol. The van der Waals surface area contributed by atoms with Gasteiger partial charge in [0.2, 0.25) is 5.95 Å². The molecular weight excluding hydrogens is 653 g/mol. The lowest BCUT2D eigenvalue weighted by Gasteiger charge is -2.57. The number of hydrogen-bond acceptors (Lipinski definition) is 9. The summed E-state index contributed by atoms with van der Waals surface area (Å²) < 4.78 is 13.8. The van der Waals surface area contributed by atoms with Gasteiger partial charge in [-0.3, -0.25) is 9.80 Å². The van der Waals surface area contributed by atoms with Crippen molar-refractivity contribution in [3.8, 4) is 17.0 Å². The molecular formula is C41H52N8O3. The summed E-state index contributed by atoms with van der Waals surface area (Å²) in [4.78, 5) is 31.4. The number of para-hydroxylation sites is 1. The number of rotatable bonds is 9. The van der Waals surface area contributed by atoms with E-state index in [1.54, 1.807) is 7.11 Å². The minimum absolute atomic E-state index is 0.174. The zero-order chi connectivity index (χ0) is 35.6. The standard InChI is InChI=1S/C41H52N8O3/c1-40(2,3)52-39(50)47-21-28(22-47)20-45-23-31(24-45)46-17-14-41(15-18-46)26-48(27-41)30-11-12-35(37(19-30)51-4)44-38-42-16-13-34(43-38)33-25-49(29-9-10-29)36-8-6-5-7-32(33)36/h5-8,11-13,16,19,25,28-29,31H,9-10,14-15,17-18,20-24,26-27H2,1-4H3,(H,42,43,44). The van der Waals surface area contributed by atoms with E-state index in [4.69, 9.17) is 14.5 Å². The van der Waals surface area contributed by atoms with Crippen LogP contribution in [0.2, 0.25) is 0 Å². The second-order valence-electron chi connectivity index (χ2n) is 17.0. The van der Waals surface area contributed by atoms with Crippen LogP contribution in [-0.2, 0) is 4.74 Å². The quantitative estimate of drug-likeness (QED) is 0.206. The molecule has 5 fully saturated rings. The maximum atomic E-state index is 12.3. The summed E-state index contributed by atoms with van der Waals surface area (Å²) in [6.07, 6.45) is 8.92. The Labute approximate surface area is 306 Å². The van der Waals surface area contributed by atoms with Crippen LogP contribution in [0.25, 0.3) is 22.2 Å². The lowest BCUT2D eigenvalue weighted by molar-refractivity contribution is -0.0378. The van der Waals surface area contributed by atoms with Gasteiger partial charge in [-0.2, -0.15) is 0 Å². The van der Waals surface area contributed by atoms with Gasteiger partial charge in [0.15, 0.2) is 0 Å². The van der Waals surface area contributed by atoms with Crippen LogP contribution in [0.1, 0.15) is 52.5 Å². The van der Waals surface area contributed by atoms with Crippen LogP contribution >= 0.6 is 0 Å². The molecule has 52 heavy (non-hydrogen) atoms. The lowest BCUT2D eigenvalue weighted by Crippen LogP contribution is -2.66. The number of hydrogen-bond donors (Lipinski definition) is 1. The molecule has 0 radical (unpaired) electrons. The molecule has 0 atom stereocenters. The number of piperidine rings is 1. The summed E-state index contributed by atoms with van der Waals surface area (Å²) in [6, 6.07) is 18.3. The highest BCUT2D eigenvalue weighted by Crippen LogP contribution is 2.45. The highest BCUT2D eigenvalue weighted by Gasteiger charge is 2.47. The molecule has 4 aromatic rings. The van der Waals surface area contributed by atoms with Crippen molar-refractivity contribution in [1.29, 1.82) is 0 Å². The van der Waals surface area contributed by atoms with Crippen LogP contribution in [0.5, 0.6) is 5.75 Å². The SMILES string of the molecule is COc1cc(N2CC3(CCN(C4CN(CC5CN(C(=O)OC(C)(C)C)C5)C4)CC3)C2)ccc1Nc1nccc(-c2cn(C3CC3)c3ccccc23)n1. The summed E-state index contributed by atoms with van der Waals surface area (Å²) in [6.45, 7) is 15.4. The Morgan fingerprint density at radius 2 is 1.75 bits per heavy atom. The Morgan fingerprint density at radius 1 is 0.981 bits per heavy atom. The number of amides is 1. The lowest BCUT2D eigenvalue weighted by atomic mass is 9.71. The van der Waals surface area contributed by atoms with E-state index in [2.05, 4.69) is 78.2 Å². The number of aromatic nitrogens is 3. The first-order chi connectivity index (χ1) is 25.1. The number of benzene rings is 2. The van der Waals surface area contributed by atoms with Crippen molar-refractivity contribution in [2.75, 3.05) is 76.2 Å². The molecule has 0 bridgehead atoms. The van der Waals surface area contributed by atoms with Crippen LogP contribution < -0.4 is 15.0 Å². The van der Waals surface area contributed by atoms with E-state index in [9.17, 15) is 4.79 Å².